The molecule has 0 aliphatic heterocycles. The van der Waals surface area contributed by atoms with E-state index in [1.807, 2.05) is 25.3 Å². The summed E-state index contributed by atoms with van der Waals surface area (Å²) in [5, 5.41) is 11.4. The van der Waals surface area contributed by atoms with Crippen molar-refractivity contribution in [1.82, 2.24) is 14.8 Å². The van der Waals surface area contributed by atoms with Gasteiger partial charge in [-0.15, -0.1) is 0 Å². The van der Waals surface area contributed by atoms with Crippen molar-refractivity contribution in [3.63, 3.8) is 0 Å². The van der Waals surface area contributed by atoms with Crippen molar-refractivity contribution in [2.75, 3.05) is 5.32 Å². The number of hydrogen-bond donors (Lipinski definition) is 2. The van der Waals surface area contributed by atoms with E-state index in [0.717, 1.165) is 17.8 Å². The van der Waals surface area contributed by atoms with Gasteiger partial charge in [0, 0.05) is 35.8 Å². The van der Waals surface area contributed by atoms with E-state index in [-0.39, 0.29) is 10.8 Å². The number of carbonyl (C=O) groups excluding carboxylic acids is 1. The van der Waals surface area contributed by atoms with Gasteiger partial charge in [0.25, 0.3) is 0 Å². The summed E-state index contributed by atoms with van der Waals surface area (Å²) in [5.41, 5.74) is 1.93. The summed E-state index contributed by atoms with van der Waals surface area (Å²) in [6.45, 7) is 4.48. The van der Waals surface area contributed by atoms with Crippen LogP contribution in [0.5, 0.6) is 0 Å². The van der Waals surface area contributed by atoms with Crippen molar-refractivity contribution in [3.05, 3.63) is 32.5 Å². The molecule has 0 unspecified atom stereocenters. The van der Waals surface area contributed by atoms with Gasteiger partial charge in [-0.1, -0.05) is 18.3 Å². The molecule has 0 fully saturated rings. The van der Waals surface area contributed by atoms with Gasteiger partial charge >= 0.3 is 4.87 Å². The maximum atomic E-state index is 11.8. The Balaban J connectivity index is 1.79. The third-order valence-corrected chi connectivity index (χ3v) is 3.92. The molecular weight excluding hydrogens is 276 g/mol. The fourth-order valence-corrected chi connectivity index (χ4v) is 2.65. The summed E-state index contributed by atoms with van der Waals surface area (Å²) >= 11 is 1.19. The van der Waals surface area contributed by atoms with Gasteiger partial charge < -0.3 is 9.88 Å². The molecule has 0 saturated heterocycles. The fraction of sp³-hybridized carbons (Fsp3) is 0.462. The van der Waals surface area contributed by atoms with E-state index < -0.39 is 0 Å². The van der Waals surface area contributed by atoms with Gasteiger partial charge in [0.15, 0.2) is 5.82 Å². The van der Waals surface area contributed by atoms with Gasteiger partial charge in [-0.2, -0.15) is 5.10 Å². The highest BCUT2D eigenvalue weighted by atomic mass is 32.1. The third kappa shape index (κ3) is 3.57. The van der Waals surface area contributed by atoms with Gasteiger partial charge in [0.2, 0.25) is 5.91 Å². The molecule has 0 aliphatic carbocycles. The van der Waals surface area contributed by atoms with Gasteiger partial charge in [-0.25, -0.2) is 0 Å². The standard InChI is InChI=1S/C13H18N4O2S/c1-3-10-7-11(16-15-10)14-12(18)5-4-6-17-9(2)8-20-13(17)19/h7-8H,3-6H2,1-2H3,(H2,14,15,16,18). The lowest BCUT2D eigenvalue weighted by Crippen LogP contribution is -2.17. The number of aromatic nitrogens is 3. The summed E-state index contributed by atoms with van der Waals surface area (Å²) in [7, 11) is 0. The fourth-order valence-electron chi connectivity index (χ4n) is 1.88. The average molecular weight is 294 g/mol. The quantitative estimate of drug-likeness (QED) is 0.854. The Morgan fingerprint density at radius 2 is 2.35 bits per heavy atom. The van der Waals surface area contributed by atoms with Crippen LogP contribution >= 0.6 is 11.3 Å². The number of aryl methyl sites for hydroxylation is 2. The Bertz CT molecular complexity index is 641. The number of H-pyrrole nitrogens is 1. The van der Waals surface area contributed by atoms with Crippen molar-refractivity contribution in [2.45, 2.75) is 39.7 Å². The summed E-state index contributed by atoms with van der Waals surface area (Å²) in [4.78, 5) is 23.3. The van der Waals surface area contributed by atoms with E-state index in [1.165, 1.54) is 11.3 Å². The van der Waals surface area contributed by atoms with Crippen LogP contribution < -0.4 is 10.2 Å². The molecule has 20 heavy (non-hydrogen) atoms. The Kier molecular flexibility index (Phi) is 4.73. The zero-order valence-corrected chi connectivity index (χ0v) is 12.4. The normalized spacial score (nSPS) is 10.7. The minimum Gasteiger partial charge on any atom is -0.309 e. The van der Waals surface area contributed by atoms with E-state index in [9.17, 15) is 9.59 Å². The Morgan fingerprint density at radius 3 is 2.95 bits per heavy atom. The first-order valence-corrected chi connectivity index (χ1v) is 7.47. The molecule has 2 N–H and O–H groups in total. The Morgan fingerprint density at radius 1 is 1.55 bits per heavy atom. The first kappa shape index (κ1) is 14.5. The van der Waals surface area contributed by atoms with Crippen molar-refractivity contribution in [2.24, 2.45) is 0 Å². The number of nitrogens with zero attached hydrogens (tertiary/aromatic N) is 2. The highest BCUT2D eigenvalue weighted by Gasteiger charge is 2.07. The van der Waals surface area contributed by atoms with E-state index >= 15 is 0 Å². The van der Waals surface area contributed by atoms with Crippen LogP contribution in [0, 0.1) is 6.92 Å². The number of rotatable bonds is 6. The second-order valence-electron chi connectivity index (χ2n) is 4.58. The lowest BCUT2D eigenvalue weighted by atomic mass is 10.3. The van der Waals surface area contributed by atoms with Gasteiger partial charge in [0.05, 0.1) is 0 Å². The number of amides is 1. The minimum atomic E-state index is -0.0833. The highest BCUT2D eigenvalue weighted by Crippen LogP contribution is 2.07. The molecule has 7 heteroatoms. The molecule has 0 atom stereocenters. The van der Waals surface area contributed by atoms with Crippen molar-refractivity contribution in [3.8, 4) is 0 Å². The molecule has 0 saturated carbocycles. The average Bonchev–Trinajstić information content (AvgIpc) is 2.99. The first-order chi connectivity index (χ1) is 9.60. The number of anilines is 1. The molecule has 2 aromatic heterocycles. The number of nitrogens with one attached hydrogen (secondary N) is 2. The molecule has 2 rings (SSSR count). The second kappa shape index (κ2) is 6.51. The Hall–Kier alpha value is -1.89. The molecule has 2 aromatic rings. The topological polar surface area (TPSA) is 79.8 Å². The summed E-state index contributed by atoms with van der Waals surface area (Å²) in [5.74, 6) is 0.468. The molecule has 0 bridgehead atoms. The van der Waals surface area contributed by atoms with Gasteiger partial charge in [-0.05, 0) is 19.8 Å². The van der Waals surface area contributed by atoms with Crippen LogP contribution in [0.2, 0.25) is 0 Å². The SMILES string of the molecule is CCc1cc(NC(=O)CCCn2c(C)csc2=O)n[nH]1. The lowest BCUT2D eigenvalue weighted by molar-refractivity contribution is -0.116. The summed E-state index contributed by atoms with van der Waals surface area (Å²) in [6, 6.07) is 1.82. The lowest BCUT2D eigenvalue weighted by Gasteiger charge is -2.04. The van der Waals surface area contributed by atoms with Crippen molar-refractivity contribution >= 4 is 23.1 Å². The molecular formula is C13H18N4O2S. The molecule has 0 aliphatic rings. The van der Waals surface area contributed by atoms with Gasteiger partial charge in [0.1, 0.15) is 0 Å². The van der Waals surface area contributed by atoms with Crippen LogP contribution in [-0.2, 0) is 17.8 Å². The molecule has 0 aromatic carbocycles. The molecule has 6 nitrogen and oxygen atoms in total. The highest BCUT2D eigenvalue weighted by molar-refractivity contribution is 7.07. The minimum absolute atomic E-state index is 0.0304. The van der Waals surface area contributed by atoms with Crippen LogP contribution in [0.25, 0.3) is 0 Å². The second-order valence-corrected chi connectivity index (χ2v) is 5.40. The van der Waals surface area contributed by atoms with Crippen LogP contribution in [-0.4, -0.2) is 20.7 Å². The van der Waals surface area contributed by atoms with E-state index in [1.54, 1.807) is 4.57 Å². The maximum Gasteiger partial charge on any atom is 0.307 e. The number of carbonyl (C=O) groups is 1. The third-order valence-electron chi connectivity index (χ3n) is 3.04. The molecule has 108 valence electrons. The smallest absolute Gasteiger partial charge is 0.307 e. The summed E-state index contributed by atoms with van der Waals surface area (Å²) < 4.78 is 1.70. The van der Waals surface area contributed by atoms with Crippen LogP contribution in [0.4, 0.5) is 5.82 Å². The Labute approximate surface area is 120 Å². The number of thiazole rings is 1. The van der Waals surface area contributed by atoms with E-state index in [0.29, 0.717) is 25.2 Å². The summed E-state index contributed by atoms with van der Waals surface area (Å²) in [6.07, 6.45) is 1.85. The predicted octanol–water partition coefficient (Wildman–Crippen LogP) is 1.92. The zero-order valence-electron chi connectivity index (χ0n) is 11.6. The van der Waals surface area contributed by atoms with Crippen LogP contribution in [0.1, 0.15) is 31.2 Å². The van der Waals surface area contributed by atoms with E-state index in [4.69, 9.17) is 0 Å². The maximum absolute atomic E-state index is 11.8. The van der Waals surface area contributed by atoms with Crippen molar-refractivity contribution < 1.29 is 4.79 Å². The zero-order chi connectivity index (χ0) is 14.5. The van der Waals surface area contributed by atoms with Gasteiger partial charge in [-0.3, -0.25) is 14.7 Å². The van der Waals surface area contributed by atoms with Crippen LogP contribution in [0.3, 0.4) is 0 Å². The molecule has 0 radical (unpaired) electrons. The van der Waals surface area contributed by atoms with E-state index in [2.05, 4.69) is 15.5 Å². The first-order valence-electron chi connectivity index (χ1n) is 6.59. The monoisotopic (exact) mass is 294 g/mol. The molecule has 2 heterocycles. The largest absolute Gasteiger partial charge is 0.309 e. The molecule has 1 amide bonds. The number of aromatic amines is 1. The van der Waals surface area contributed by atoms with Crippen LogP contribution in [0.15, 0.2) is 16.2 Å². The predicted molar refractivity (Wildman–Crippen MR) is 79.1 cm³/mol. The van der Waals surface area contributed by atoms with Crippen molar-refractivity contribution in [1.29, 1.82) is 0 Å². The number of hydrogen-bond acceptors (Lipinski definition) is 4. The molecule has 0 spiro atoms.